The number of nitrogens with zero attached hydrogens (tertiary/aromatic N) is 3. The first-order chi connectivity index (χ1) is 13.4. The Labute approximate surface area is 167 Å². The van der Waals surface area contributed by atoms with Crippen molar-refractivity contribution in [2.45, 2.75) is 53.2 Å². The zero-order chi connectivity index (χ0) is 20.1. The highest BCUT2D eigenvalue weighted by Gasteiger charge is 2.14. The lowest BCUT2D eigenvalue weighted by Crippen LogP contribution is -2.40. The molecule has 0 aliphatic carbocycles. The molecule has 0 bridgehead atoms. The topological polar surface area (TPSA) is 71.5 Å². The smallest absolute Gasteiger partial charge is 0.231 e. The molecular formula is C21H31N5O2. The minimum atomic E-state index is 0.285. The van der Waals surface area contributed by atoms with Gasteiger partial charge in [0.2, 0.25) is 12.7 Å². The lowest BCUT2D eigenvalue weighted by molar-refractivity contribution is 0.174. The van der Waals surface area contributed by atoms with E-state index in [-0.39, 0.29) is 6.79 Å². The number of fused-ring (bicyclic) bond motifs is 1. The van der Waals surface area contributed by atoms with E-state index in [1.54, 1.807) is 0 Å². The van der Waals surface area contributed by atoms with Crippen LogP contribution in [-0.4, -0.2) is 46.8 Å². The Morgan fingerprint density at radius 1 is 1.07 bits per heavy atom. The number of hydrogen-bond donors (Lipinski definition) is 2. The number of aryl methyl sites for hydroxylation is 1. The second-order valence-corrected chi connectivity index (χ2v) is 7.62. The molecule has 0 saturated carbocycles. The summed E-state index contributed by atoms with van der Waals surface area (Å²) in [5.74, 6) is 3.05. The zero-order valence-corrected chi connectivity index (χ0v) is 17.5. The quantitative estimate of drug-likeness (QED) is 0.682. The minimum Gasteiger partial charge on any atom is -0.454 e. The molecule has 28 heavy (non-hydrogen) atoms. The summed E-state index contributed by atoms with van der Waals surface area (Å²) in [4.78, 5) is 11.5. The van der Waals surface area contributed by atoms with Crippen molar-refractivity contribution in [1.29, 1.82) is 0 Å². The van der Waals surface area contributed by atoms with Gasteiger partial charge in [-0.25, -0.2) is 4.98 Å². The van der Waals surface area contributed by atoms with Crippen LogP contribution in [0.15, 0.2) is 24.4 Å². The van der Waals surface area contributed by atoms with Crippen LogP contribution < -0.4 is 20.1 Å². The number of nitrogens with one attached hydrogen (secondary N) is 2. The van der Waals surface area contributed by atoms with E-state index >= 15 is 0 Å². The monoisotopic (exact) mass is 385 g/mol. The van der Waals surface area contributed by atoms with E-state index in [1.807, 2.05) is 31.3 Å². The molecule has 7 heteroatoms. The highest BCUT2D eigenvalue weighted by atomic mass is 16.7. The third-order valence-electron chi connectivity index (χ3n) is 4.85. The summed E-state index contributed by atoms with van der Waals surface area (Å²) in [6.07, 6.45) is 1.85. The summed E-state index contributed by atoms with van der Waals surface area (Å²) >= 11 is 0. The van der Waals surface area contributed by atoms with Crippen molar-refractivity contribution in [1.82, 2.24) is 14.9 Å². The molecule has 0 fully saturated rings. The highest BCUT2D eigenvalue weighted by Crippen LogP contribution is 2.32. The molecular weight excluding hydrogens is 354 g/mol. The maximum atomic E-state index is 5.43. The number of hydrogen-bond acceptors (Lipinski definition) is 7. The lowest BCUT2D eigenvalue weighted by atomic mass is 10.2. The largest absolute Gasteiger partial charge is 0.454 e. The van der Waals surface area contributed by atoms with Gasteiger partial charge in [-0.1, -0.05) is 6.07 Å². The van der Waals surface area contributed by atoms with E-state index in [9.17, 15) is 0 Å². The van der Waals surface area contributed by atoms with E-state index < -0.39 is 0 Å². The molecule has 2 aromatic rings. The molecule has 1 aliphatic heterocycles. The van der Waals surface area contributed by atoms with Crippen LogP contribution in [0, 0.1) is 6.92 Å². The molecule has 0 spiro atoms. The maximum absolute atomic E-state index is 5.43. The van der Waals surface area contributed by atoms with Crippen LogP contribution >= 0.6 is 0 Å². The molecule has 0 unspecified atom stereocenters. The molecule has 152 valence electrons. The van der Waals surface area contributed by atoms with Crippen LogP contribution in [0.25, 0.3) is 0 Å². The number of aromatic nitrogens is 2. The Morgan fingerprint density at radius 2 is 1.82 bits per heavy atom. The molecule has 1 aliphatic rings. The summed E-state index contributed by atoms with van der Waals surface area (Å²) in [7, 11) is 0. The van der Waals surface area contributed by atoms with Gasteiger partial charge in [0.1, 0.15) is 5.82 Å². The minimum absolute atomic E-state index is 0.285. The van der Waals surface area contributed by atoms with Crippen molar-refractivity contribution >= 4 is 11.8 Å². The molecule has 2 heterocycles. The summed E-state index contributed by atoms with van der Waals surface area (Å²) in [5, 5.41) is 6.74. The first-order valence-electron chi connectivity index (χ1n) is 9.89. The van der Waals surface area contributed by atoms with Gasteiger partial charge in [0.05, 0.1) is 0 Å². The van der Waals surface area contributed by atoms with Gasteiger partial charge in [0.25, 0.3) is 0 Å². The number of rotatable bonds is 9. The average Bonchev–Trinajstić information content (AvgIpc) is 3.12. The fraction of sp³-hybridized carbons (Fsp3) is 0.524. The SMILES string of the molecule is Cc1cnc(NCc2ccc3c(c2)OCO3)nc1NCCN(C(C)C)C(C)C. The van der Waals surface area contributed by atoms with E-state index in [0.29, 0.717) is 24.6 Å². The maximum Gasteiger partial charge on any atom is 0.231 e. The molecule has 1 aromatic carbocycles. The summed E-state index contributed by atoms with van der Waals surface area (Å²) in [6.45, 7) is 13.7. The van der Waals surface area contributed by atoms with Crippen LogP contribution in [0.4, 0.5) is 11.8 Å². The van der Waals surface area contributed by atoms with Crippen LogP contribution in [-0.2, 0) is 6.54 Å². The van der Waals surface area contributed by atoms with E-state index in [1.165, 1.54) is 0 Å². The van der Waals surface area contributed by atoms with E-state index in [0.717, 1.165) is 41.5 Å². The number of anilines is 2. The van der Waals surface area contributed by atoms with E-state index in [2.05, 4.69) is 53.2 Å². The van der Waals surface area contributed by atoms with Crippen molar-refractivity contribution < 1.29 is 9.47 Å². The van der Waals surface area contributed by atoms with Crippen molar-refractivity contribution in [2.75, 3.05) is 30.5 Å². The zero-order valence-electron chi connectivity index (χ0n) is 17.5. The Bertz CT molecular complexity index is 786. The van der Waals surface area contributed by atoms with Crippen molar-refractivity contribution in [3.8, 4) is 11.5 Å². The molecule has 0 atom stereocenters. The molecule has 0 radical (unpaired) electrons. The van der Waals surface area contributed by atoms with Crippen molar-refractivity contribution in [3.63, 3.8) is 0 Å². The molecule has 0 amide bonds. The van der Waals surface area contributed by atoms with Gasteiger partial charge in [-0.2, -0.15) is 4.98 Å². The Kier molecular flexibility index (Phi) is 6.57. The molecule has 2 N–H and O–H groups in total. The third-order valence-corrected chi connectivity index (χ3v) is 4.85. The molecule has 7 nitrogen and oxygen atoms in total. The summed E-state index contributed by atoms with van der Waals surface area (Å²) in [5.41, 5.74) is 2.13. The fourth-order valence-electron chi connectivity index (χ4n) is 3.35. The Hall–Kier alpha value is -2.54. The number of ether oxygens (including phenoxy) is 2. The Morgan fingerprint density at radius 3 is 2.57 bits per heavy atom. The second-order valence-electron chi connectivity index (χ2n) is 7.62. The highest BCUT2D eigenvalue weighted by molar-refractivity contribution is 5.48. The van der Waals surface area contributed by atoms with Crippen LogP contribution in [0.1, 0.15) is 38.8 Å². The van der Waals surface area contributed by atoms with Crippen molar-refractivity contribution in [3.05, 3.63) is 35.5 Å². The van der Waals surface area contributed by atoms with Gasteiger partial charge in [0, 0.05) is 43.5 Å². The van der Waals surface area contributed by atoms with E-state index in [4.69, 9.17) is 9.47 Å². The average molecular weight is 386 g/mol. The fourth-order valence-corrected chi connectivity index (χ4v) is 3.35. The summed E-state index contributed by atoms with van der Waals surface area (Å²) in [6, 6.07) is 6.96. The number of benzene rings is 1. The molecule has 1 aromatic heterocycles. The van der Waals surface area contributed by atoms with Gasteiger partial charge in [-0.05, 0) is 52.3 Å². The first kappa shape index (κ1) is 20.2. The van der Waals surface area contributed by atoms with Crippen LogP contribution in [0.3, 0.4) is 0 Å². The van der Waals surface area contributed by atoms with Crippen molar-refractivity contribution in [2.24, 2.45) is 0 Å². The van der Waals surface area contributed by atoms with Crippen LogP contribution in [0.5, 0.6) is 11.5 Å². The van der Waals surface area contributed by atoms with Gasteiger partial charge < -0.3 is 20.1 Å². The standard InChI is InChI=1S/C21H31N5O2/c1-14(2)26(15(3)4)9-8-22-20-16(5)11-23-21(25-20)24-12-17-6-7-18-19(10-17)28-13-27-18/h6-7,10-11,14-15H,8-9,12-13H2,1-5H3,(H2,22,23,24,25). The summed E-state index contributed by atoms with van der Waals surface area (Å²) < 4.78 is 10.8. The molecule has 3 rings (SSSR count). The Balaban J connectivity index is 1.57. The van der Waals surface area contributed by atoms with Gasteiger partial charge in [0.15, 0.2) is 11.5 Å². The van der Waals surface area contributed by atoms with Gasteiger partial charge in [-0.3, -0.25) is 4.90 Å². The predicted octanol–water partition coefficient (Wildman–Crippen LogP) is 3.66. The first-order valence-corrected chi connectivity index (χ1v) is 9.89. The van der Waals surface area contributed by atoms with Gasteiger partial charge in [-0.15, -0.1) is 0 Å². The van der Waals surface area contributed by atoms with Gasteiger partial charge >= 0.3 is 0 Å². The second kappa shape index (κ2) is 9.10. The predicted molar refractivity (Wildman–Crippen MR) is 112 cm³/mol. The third kappa shape index (κ3) is 5.04. The van der Waals surface area contributed by atoms with Crippen LogP contribution in [0.2, 0.25) is 0 Å². The normalized spacial score (nSPS) is 12.9. The molecule has 0 saturated heterocycles. The lowest BCUT2D eigenvalue weighted by Gasteiger charge is -2.30.